The zero-order chi connectivity index (χ0) is 13.2. The van der Waals surface area contributed by atoms with Crippen LogP contribution in [0.3, 0.4) is 0 Å². The van der Waals surface area contributed by atoms with Gasteiger partial charge in [-0.15, -0.1) is 0 Å². The Kier molecular flexibility index (Phi) is 8.01. The predicted molar refractivity (Wildman–Crippen MR) is 73.6 cm³/mol. The average Bonchev–Trinajstić information content (AvgIpc) is 2.36. The molecule has 1 fully saturated rings. The summed E-state index contributed by atoms with van der Waals surface area (Å²) in [6, 6.07) is 0.245. The van der Waals surface area contributed by atoms with Crippen molar-refractivity contribution < 1.29 is 9.53 Å². The lowest BCUT2D eigenvalue weighted by Crippen LogP contribution is -2.35. The first-order chi connectivity index (χ1) is 8.72. The summed E-state index contributed by atoms with van der Waals surface area (Å²) in [5.41, 5.74) is 0. The van der Waals surface area contributed by atoms with Crippen molar-refractivity contribution in [1.82, 2.24) is 10.6 Å². The van der Waals surface area contributed by atoms with Crippen molar-refractivity contribution >= 4 is 5.91 Å². The first kappa shape index (κ1) is 15.4. The molecular weight excluding hydrogens is 228 g/mol. The highest BCUT2D eigenvalue weighted by molar-refractivity contribution is 5.76. The van der Waals surface area contributed by atoms with E-state index in [4.69, 9.17) is 4.74 Å². The van der Waals surface area contributed by atoms with Gasteiger partial charge in [-0.1, -0.05) is 26.2 Å². The Bertz CT molecular complexity index is 228. The number of hydrogen-bond acceptors (Lipinski definition) is 3. The van der Waals surface area contributed by atoms with Crippen molar-refractivity contribution in [3.8, 4) is 0 Å². The lowest BCUT2D eigenvalue weighted by Gasteiger charge is -2.22. The number of ether oxygens (including phenoxy) is 1. The van der Waals surface area contributed by atoms with Crippen LogP contribution < -0.4 is 10.6 Å². The van der Waals surface area contributed by atoms with Crippen molar-refractivity contribution in [2.24, 2.45) is 0 Å². The molecule has 0 aliphatic heterocycles. The third-order valence-electron chi connectivity index (χ3n) is 3.37. The molecule has 1 rings (SSSR count). The van der Waals surface area contributed by atoms with Crippen LogP contribution in [-0.2, 0) is 9.53 Å². The molecule has 0 aromatic rings. The first-order valence-electron chi connectivity index (χ1n) is 7.34. The van der Waals surface area contributed by atoms with E-state index in [1.807, 2.05) is 13.8 Å². The highest BCUT2D eigenvalue weighted by atomic mass is 16.5. The lowest BCUT2D eigenvalue weighted by molar-refractivity contribution is -0.121. The van der Waals surface area contributed by atoms with E-state index in [1.165, 1.54) is 32.1 Å². The van der Waals surface area contributed by atoms with Gasteiger partial charge in [0.15, 0.2) is 0 Å². The Hall–Kier alpha value is -0.610. The van der Waals surface area contributed by atoms with Crippen molar-refractivity contribution in [3.63, 3.8) is 0 Å². The van der Waals surface area contributed by atoms with Crippen molar-refractivity contribution in [2.75, 3.05) is 19.7 Å². The quantitative estimate of drug-likeness (QED) is 0.652. The maximum Gasteiger partial charge on any atom is 0.221 e. The third kappa shape index (κ3) is 6.97. The first-order valence-corrected chi connectivity index (χ1v) is 7.34. The minimum absolute atomic E-state index is 0.107. The normalized spacial score (nSPS) is 18.6. The fourth-order valence-corrected chi connectivity index (χ4v) is 2.42. The number of carbonyl (C=O) groups is 1. The highest BCUT2D eigenvalue weighted by Crippen LogP contribution is 2.19. The Balaban J connectivity index is 1.97. The van der Waals surface area contributed by atoms with Gasteiger partial charge in [0.2, 0.25) is 5.91 Å². The van der Waals surface area contributed by atoms with Crippen LogP contribution in [0.25, 0.3) is 0 Å². The van der Waals surface area contributed by atoms with E-state index in [0.29, 0.717) is 25.7 Å². The molecule has 1 aliphatic rings. The van der Waals surface area contributed by atoms with Crippen molar-refractivity contribution in [1.29, 1.82) is 0 Å². The van der Waals surface area contributed by atoms with Crippen LogP contribution in [0.15, 0.2) is 0 Å². The van der Waals surface area contributed by atoms with Gasteiger partial charge in [-0.05, 0) is 26.3 Å². The molecule has 0 aromatic heterocycles. The molecule has 0 heterocycles. The molecule has 1 unspecified atom stereocenters. The molecule has 0 radical (unpaired) electrons. The minimum atomic E-state index is 0.107. The van der Waals surface area contributed by atoms with Gasteiger partial charge in [0.25, 0.3) is 0 Å². The molecule has 0 aromatic carbocycles. The number of hydrogen-bond donors (Lipinski definition) is 2. The van der Waals surface area contributed by atoms with Gasteiger partial charge in [-0.25, -0.2) is 0 Å². The van der Waals surface area contributed by atoms with Crippen molar-refractivity contribution in [3.05, 3.63) is 0 Å². The molecule has 4 heteroatoms. The van der Waals surface area contributed by atoms with E-state index in [1.54, 1.807) is 0 Å². The molecule has 1 saturated carbocycles. The van der Waals surface area contributed by atoms with Gasteiger partial charge in [0, 0.05) is 19.0 Å². The Labute approximate surface area is 111 Å². The second-order valence-electron chi connectivity index (χ2n) is 5.14. The van der Waals surface area contributed by atoms with Gasteiger partial charge >= 0.3 is 0 Å². The van der Waals surface area contributed by atoms with Crippen LogP contribution in [0.2, 0.25) is 0 Å². The van der Waals surface area contributed by atoms with E-state index in [9.17, 15) is 4.79 Å². The number of amides is 1. The summed E-state index contributed by atoms with van der Waals surface area (Å²) in [5, 5.41) is 6.13. The monoisotopic (exact) mass is 256 g/mol. The number of rotatable bonds is 8. The van der Waals surface area contributed by atoms with Gasteiger partial charge in [-0.2, -0.15) is 0 Å². The summed E-state index contributed by atoms with van der Waals surface area (Å²) in [6.07, 6.45) is 7.26. The van der Waals surface area contributed by atoms with E-state index in [-0.39, 0.29) is 11.9 Å². The molecule has 18 heavy (non-hydrogen) atoms. The van der Waals surface area contributed by atoms with Gasteiger partial charge < -0.3 is 15.4 Å². The Morgan fingerprint density at radius 2 is 2.06 bits per heavy atom. The third-order valence-corrected chi connectivity index (χ3v) is 3.37. The van der Waals surface area contributed by atoms with E-state index < -0.39 is 0 Å². The average molecular weight is 256 g/mol. The summed E-state index contributed by atoms with van der Waals surface area (Å²) >= 11 is 0. The van der Waals surface area contributed by atoms with Crippen LogP contribution in [0.1, 0.15) is 52.4 Å². The number of carbonyl (C=O) groups excluding carboxylic acids is 1. The minimum Gasteiger partial charge on any atom is -0.376 e. The van der Waals surface area contributed by atoms with Gasteiger partial charge in [0.1, 0.15) is 0 Å². The smallest absolute Gasteiger partial charge is 0.221 e. The maximum absolute atomic E-state index is 11.6. The summed E-state index contributed by atoms with van der Waals surface area (Å²) in [7, 11) is 0. The van der Waals surface area contributed by atoms with E-state index in [2.05, 4.69) is 10.6 Å². The number of nitrogens with one attached hydrogen (secondary N) is 2. The van der Waals surface area contributed by atoms with Crippen LogP contribution in [0.4, 0.5) is 0 Å². The zero-order valence-corrected chi connectivity index (χ0v) is 11.8. The molecule has 2 N–H and O–H groups in total. The lowest BCUT2D eigenvalue weighted by atomic mass is 9.98. The van der Waals surface area contributed by atoms with Gasteiger partial charge in [0.05, 0.1) is 12.7 Å². The molecule has 1 atom stereocenters. The molecule has 1 aliphatic carbocycles. The largest absolute Gasteiger partial charge is 0.376 e. The molecule has 1 amide bonds. The fraction of sp³-hybridized carbons (Fsp3) is 0.929. The molecular formula is C14H28N2O2. The molecule has 0 spiro atoms. The molecule has 4 nitrogen and oxygen atoms in total. The Morgan fingerprint density at radius 3 is 2.72 bits per heavy atom. The zero-order valence-electron chi connectivity index (χ0n) is 11.8. The second-order valence-corrected chi connectivity index (χ2v) is 5.14. The van der Waals surface area contributed by atoms with Crippen LogP contribution in [-0.4, -0.2) is 37.7 Å². The van der Waals surface area contributed by atoms with E-state index >= 15 is 0 Å². The van der Waals surface area contributed by atoms with Crippen LogP contribution in [0.5, 0.6) is 0 Å². The highest BCUT2D eigenvalue weighted by Gasteiger charge is 2.13. The summed E-state index contributed by atoms with van der Waals surface area (Å²) in [6.45, 7) is 6.26. The van der Waals surface area contributed by atoms with Gasteiger partial charge in [-0.3, -0.25) is 4.79 Å². The fourth-order valence-electron chi connectivity index (χ4n) is 2.42. The predicted octanol–water partition coefficient (Wildman–Crippen LogP) is 1.84. The van der Waals surface area contributed by atoms with Crippen molar-refractivity contribution in [2.45, 2.75) is 64.5 Å². The summed E-state index contributed by atoms with van der Waals surface area (Å²) < 4.78 is 5.76. The maximum atomic E-state index is 11.6. The Morgan fingerprint density at radius 1 is 1.33 bits per heavy atom. The van der Waals surface area contributed by atoms with Crippen LogP contribution in [0, 0.1) is 0 Å². The standard InChI is InChI=1S/C14H28N2O2/c1-3-15-12(2)11-14(17)16-9-10-18-13-7-5-4-6-8-13/h12-13,15H,3-11H2,1-2H3,(H,16,17). The second kappa shape index (κ2) is 9.34. The molecule has 0 saturated heterocycles. The molecule has 106 valence electrons. The summed E-state index contributed by atoms with van der Waals surface area (Å²) in [4.78, 5) is 11.6. The SMILES string of the molecule is CCNC(C)CC(=O)NCCOC1CCCCC1. The van der Waals surface area contributed by atoms with E-state index in [0.717, 1.165) is 6.54 Å². The van der Waals surface area contributed by atoms with Crippen LogP contribution >= 0.6 is 0 Å². The summed E-state index contributed by atoms with van der Waals surface area (Å²) in [5.74, 6) is 0.107. The molecule has 0 bridgehead atoms. The topological polar surface area (TPSA) is 50.4 Å².